The topological polar surface area (TPSA) is 87.2 Å². The zero-order valence-electron chi connectivity index (χ0n) is 19.6. The van der Waals surface area contributed by atoms with Crippen LogP contribution >= 0.6 is 0 Å². The van der Waals surface area contributed by atoms with E-state index in [1.54, 1.807) is 24.3 Å². The van der Waals surface area contributed by atoms with E-state index in [2.05, 4.69) is 45.7 Å². The lowest BCUT2D eigenvalue weighted by molar-refractivity contribution is 0.587. The summed E-state index contributed by atoms with van der Waals surface area (Å²) in [7, 11) is -3.66. The van der Waals surface area contributed by atoms with Gasteiger partial charge in [-0.15, -0.1) is 0 Å². The number of aryl methyl sites for hydroxylation is 1. The highest BCUT2D eigenvalue weighted by Crippen LogP contribution is 2.26. The van der Waals surface area contributed by atoms with Crippen LogP contribution in [-0.2, 0) is 15.4 Å². The second-order valence-electron chi connectivity index (χ2n) is 9.47. The first kappa shape index (κ1) is 23.0. The molecular weight excluding hydrogens is 434 g/mol. The average Bonchev–Trinajstić information content (AvgIpc) is 3.29. The first-order valence-corrected chi connectivity index (χ1v) is 12.7. The van der Waals surface area contributed by atoms with Crippen molar-refractivity contribution in [3.8, 4) is 0 Å². The fraction of sp³-hybridized carbons (Fsp3) is 0.360. The third-order valence-corrected chi connectivity index (χ3v) is 7.07. The molecule has 0 atom stereocenters. The number of hydrogen-bond acceptors (Lipinski definition) is 6. The molecule has 3 aromatic rings. The van der Waals surface area contributed by atoms with Gasteiger partial charge in [0.1, 0.15) is 5.82 Å². The Balaban J connectivity index is 1.45. The Morgan fingerprint density at radius 2 is 1.48 bits per heavy atom. The SMILES string of the molecule is Cc1cc(Nc2ccc(NS(=O)(=O)c3ccc(C(C)(C)C)cc3)cc2)nc(N2CCCC2)n1. The van der Waals surface area contributed by atoms with Gasteiger partial charge in [0.25, 0.3) is 10.0 Å². The van der Waals surface area contributed by atoms with Gasteiger partial charge in [0.2, 0.25) is 5.95 Å². The number of anilines is 4. The van der Waals surface area contributed by atoms with Crippen molar-refractivity contribution < 1.29 is 8.42 Å². The van der Waals surface area contributed by atoms with Crippen LogP contribution in [-0.4, -0.2) is 31.5 Å². The number of rotatable bonds is 6. The summed E-state index contributed by atoms with van der Waals surface area (Å²) in [4.78, 5) is 11.6. The maximum Gasteiger partial charge on any atom is 0.261 e. The summed E-state index contributed by atoms with van der Waals surface area (Å²) < 4.78 is 28.2. The fourth-order valence-corrected chi connectivity index (χ4v) is 4.85. The van der Waals surface area contributed by atoms with E-state index in [0.29, 0.717) is 5.69 Å². The van der Waals surface area contributed by atoms with E-state index in [1.807, 2.05) is 37.3 Å². The van der Waals surface area contributed by atoms with Crippen LogP contribution in [0.3, 0.4) is 0 Å². The van der Waals surface area contributed by atoms with Gasteiger partial charge in [-0.3, -0.25) is 4.72 Å². The summed E-state index contributed by atoms with van der Waals surface area (Å²) in [5.41, 5.74) is 3.27. The molecule has 0 unspecified atom stereocenters. The van der Waals surface area contributed by atoms with Crippen molar-refractivity contribution in [3.63, 3.8) is 0 Å². The molecule has 2 aromatic carbocycles. The molecule has 174 valence electrons. The quantitative estimate of drug-likeness (QED) is 0.519. The summed E-state index contributed by atoms with van der Waals surface area (Å²) >= 11 is 0. The third-order valence-electron chi connectivity index (χ3n) is 5.67. The number of hydrogen-bond donors (Lipinski definition) is 2. The molecule has 33 heavy (non-hydrogen) atoms. The molecule has 0 spiro atoms. The summed E-state index contributed by atoms with van der Waals surface area (Å²) in [5.74, 6) is 1.47. The minimum Gasteiger partial charge on any atom is -0.341 e. The molecule has 1 aliphatic heterocycles. The van der Waals surface area contributed by atoms with E-state index >= 15 is 0 Å². The molecule has 0 saturated carbocycles. The highest BCUT2D eigenvalue weighted by Gasteiger charge is 2.18. The maximum absolute atomic E-state index is 12.8. The van der Waals surface area contributed by atoms with Gasteiger partial charge in [-0.1, -0.05) is 32.9 Å². The average molecular weight is 466 g/mol. The largest absolute Gasteiger partial charge is 0.341 e. The molecule has 2 N–H and O–H groups in total. The molecule has 0 amide bonds. The van der Waals surface area contributed by atoms with Gasteiger partial charge >= 0.3 is 0 Å². The Morgan fingerprint density at radius 3 is 2.09 bits per heavy atom. The van der Waals surface area contributed by atoms with Crippen LogP contribution in [0.1, 0.15) is 44.9 Å². The Morgan fingerprint density at radius 1 is 0.879 bits per heavy atom. The Hall–Kier alpha value is -3.13. The van der Waals surface area contributed by atoms with Crippen molar-refractivity contribution >= 4 is 33.2 Å². The van der Waals surface area contributed by atoms with E-state index < -0.39 is 10.0 Å². The Kier molecular flexibility index (Phi) is 6.30. The van der Waals surface area contributed by atoms with Gasteiger partial charge < -0.3 is 10.2 Å². The maximum atomic E-state index is 12.8. The lowest BCUT2D eigenvalue weighted by Crippen LogP contribution is -2.21. The zero-order valence-corrected chi connectivity index (χ0v) is 20.4. The number of nitrogens with one attached hydrogen (secondary N) is 2. The van der Waals surface area contributed by atoms with E-state index in [9.17, 15) is 8.42 Å². The molecule has 8 heteroatoms. The highest BCUT2D eigenvalue weighted by molar-refractivity contribution is 7.92. The summed E-state index contributed by atoms with van der Waals surface area (Å²) in [6.45, 7) is 10.2. The highest BCUT2D eigenvalue weighted by atomic mass is 32.2. The van der Waals surface area contributed by atoms with Crippen molar-refractivity contribution in [1.29, 1.82) is 0 Å². The smallest absolute Gasteiger partial charge is 0.261 e. The molecule has 1 fully saturated rings. The van der Waals surface area contributed by atoms with E-state index in [-0.39, 0.29) is 10.3 Å². The number of nitrogens with zero attached hydrogens (tertiary/aromatic N) is 3. The Labute approximate surface area is 196 Å². The summed E-state index contributed by atoms with van der Waals surface area (Å²) in [6.07, 6.45) is 2.33. The second kappa shape index (κ2) is 9.02. The lowest BCUT2D eigenvalue weighted by Gasteiger charge is -2.19. The van der Waals surface area contributed by atoms with Crippen LogP contribution in [0.4, 0.5) is 23.1 Å². The molecule has 2 heterocycles. The lowest BCUT2D eigenvalue weighted by atomic mass is 9.87. The van der Waals surface area contributed by atoms with Crippen LogP contribution in [0.2, 0.25) is 0 Å². The predicted molar refractivity (Wildman–Crippen MR) is 134 cm³/mol. The molecule has 1 aliphatic rings. The minimum atomic E-state index is -3.66. The van der Waals surface area contributed by atoms with Gasteiger partial charge in [-0.25, -0.2) is 13.4 Å². The van der Waals surface area contributed by atoms with Gasteiger partial charge in [-0.05, 0) is 67.1 Å². The molecular formula is C25H31N5O2S. The van der Waals surface area contributed by atoms with Crippen molar-refractivity contribution in [1.82, 2.24) is 9.97 Å². The molecule has 7 nitrogen and oxygen atoms in total. The summed E-state index contributed by atoms with van der Waals surface area (Å²) in [6, 6.07) is 16.0. The van der Waals surface area contributed by atoms with E-state index in [0.717, 1.165) is 54.6 Å². The summed E-state index contributed by atoms with van der Waals surface area (Å²) in [5, 5.41) is 3.30. The normalized spacial score (nSPS) is 14.4. The Bertz CT molecular complexity index is 1210. The van der Waals surface area contributed by atoms with Gasteiger partial charge in [0, 0.05) is 36.2 Å². The zero-order chi connectivity index (χ0) is 23.6. The van der Waals surface area contributed by atoms with Crippen LogP contribution in [0.25, 0.3) is 0 Å². The van der Waals surface area contributed by atoms with Crippen molar-refractivity contribution in [3.05, 3.63) is 65.9 Å². The number of aromatic nitrogens is 2. The molecule has 1 aromatic heterocycles. The van der Waals surface area contributed by atoms with Crippen LogP contribution in [0.5, 0.6) is 0 Å². The van der Waals surface area contributed by atoms with Crippen LogP contribution in [0, 0.1) is 6.92 Å². The van der Waals surface area contributed by atoms with Gasteiger partial charge in [-0.2, -0.15) is 4.98 Å². The number of sulfonamides is 1. The van der Waals surface area contributed by atoms with Gasteiger partial charge in [0.05, 0.1) is 4.90 Å². The van der Waals surface area contributed by atoms with E-state index in [4.69, 9.17) is 0 Å². The second-order valence-corrected chi connectivity index (χ2v) is 11.2. The minimum absolute atomic E-state index is 0.0317. The van der Waals surface area contributed by atoms with Crippen molar-refractivity contribution in [2.75, 3.05) is 28.0 Å². The first-order chi connectivity index (χ1) is 15.6. The third kappa shape index (κ3) is 5.63. The standard InChI is InChI=1S/C25H31N5O2S/c1-18-17-23(28-24(26-18)30-15-5-6-16-30)27-20-9-11-21(12-10-20)29-33(31,32)22-13-7-19(8-14-22)25(2,3)4/h7-14,17,29H,5-6,15-16H2,1-4H3,(H,26,27,28). The van der Waals surface area contributed by atoms with Crippen molar-refractivity contribution in [2.45, 2.75) is 50.8 Å². The van der Waals surface area contributed by atoms with Crippen molar-refractivity contribution in [2.24, 2.45) is 0 Å². The molecule has 0 radical (unpaired) electrons. The first-order valence-electron chi connectivity index (χ1n) is 11.2. The molecule has 1 saturated heterocycles. The van der Waals surface area contributed by atoms with E-state index in [1.165, 1.54) is 0 Å². The fourth-order valence-electron chi connectivity index (χ4n) is 3.79. The van der Waals surface area contributed by atoms with Crippen LogP contribution in [0.15, 0.2) is 59.5 Å². The van der Waals surface area contributed by atoms with Gasteiger partial charge in [0.15, 0.2) is 0 Å². The molecule has 4 rings (SSSR count). The molecule has 0 aliphatic carbocycles. The predicted octanol–water partition coefficient (Wildman–Crippen LogP) is 5.23. The monoisotopic (exact) mass is 465 g/mol. The molecule has 0 bridgehead atoms. The number of benzene rings is 2. The van der Waals surface area contributed by atoms with Crippen LogP contribution < -0.4 is 14.9 Å².